The average molecular weight is 267 g/mol. The summed E-state index contributed by atoms with van der Waals surface area (Å²) in [6, 6.07) is 1.56. The zero-order valence-electron chi connectivity index (χ0n) is 12.3. The number of hydrogen-bond acceptors (Lipinski definition) is 4. The van der Waals surface area contributed by atoms with Crippen LogP contribution in [-0.2, 0) is 4.74 Å². The molecular weight excluding hydrogens is 238 g/mol. The minimum absolute atomic E-state index is 0.625. The molecule has 0 aromatic heterocycles. The molecule has 3 rings (SSSR count). The Kier molecular flexibility index (Phi) is 4.74. The van der Waals surface area contributed by atoms with Crippen LogP contribution in [0.25, 0.3) is 0 Å². The lowest BCUT2D eigenvalue weighted by atomic mass is 9.98. The third-order valence-electron chi connectivity index (χ3n) is 4.93. The largest absolute Gasteiger partial charge is 0.381 e. The first kappa shape index (κ1) is 13.8. The maximum absolute atomic E-state index is 5.56. The van der Waals surface area contributed by atoms with Crippen LogP contribution in [0.5, 0.6) is 0 Å². The van der Waals surface area contributed by atoms with Crippen molar-refractivity contribution in [3.05, 3.63) is 0 Å². The van der Waals surface area contributed by atoms with Crippen molar-refractivity contribution in [2.45, 2.75) is 38.3 Å². The van der Waals surface area contributed by atoms with Crippen molar-refractivity contribution >= 4 is 0 Å². The standard InChI is InChI=1S/C15H29N3O/c1-2-16-15(13-5-10-19-12-13)11-17-6-8-18(9-7-17)14-3-4-14/h13-16H,2-12H2,1H3. The van der Waals surface area contributed by atoms with Crippen molar-refractivity contribution in [2.24, 2.45) is 5.92 Å². The molecule has 3 fully saturated rings. The van der Waals surface area contributed by atoms with Gasteiger partial charge < -0.3 is 10.1 Å². The molecule has 0 aromatic rings. The Labute approximate surface area is 117 Å². The predicted molar refractivity (Wildman–Crippen MR) is 77.4 cm³/mol. The van der Waals surface area contributed by atoms with E-state index in [1.54, 1.807) is 0 Å². The summed E-state index contributed by atoms with van der Waals surface area (Å²) in [5.41, 5.74) is 0. The van der Waals surface area contributed by atoms with E-state index in [-0.39, 0.29) is 0 Å². The molecule has 0 bridgehead atoms. The lowest BCUT2D eigenvalue weighted by Gasteiger charge is -2.37. The van der Waals surface area contributed by atoms with E-state index in [0.29, 0.717) is 6.04 Å². The van der Waals surface area contributed by atoms with Gasteiger partial charge in [-0.1, -0.05) is 6.92 Å². The molecule has 1 aliphatic carbocycles. The fourth-order valence-corrected chi connectivity index (χ4v) is 3.54. The first-order valence-corrected chi connectivity index (χ1v) is 8.14. The molecule has 0 aromatic carbocycles. The molecule has 0 spiro atoms. The first-order valence-electron chi connectivity index (χ1n) is 8.14. The van der Waals surface area contributed by atoms with E-state index in [1.165, 1.54) is 52.0 Å². The topological polar surface area (TPSA) is 27.7 Å². The van der Waals surface area contributed by atoms with Gasteiger partial charge in [0.05, 0.1) is 6.61 Å². The lowest BCUT2D eigenvalue weighted by Crippen LogP contribution is -2.53. The zero-order valence-corrected chi connectivity index (χ0v) is 12.3. The summed E-state index contributed by atoms with van der Waals surface area (Å²) in [4.78, 5) is 5.35. The molecule has 1 saturated carbocycles. The van der Waals surface area contributed by atoms with Gasteiger partial charge in [0.25, 0.3) is 0 Å². The Bertz CT molecular complexity index is 269. The molecule has 4 nitrogen and oxygen atoms in total. The third-order valence-corrected chi connectivity index (χ3v) is 4.93. The number of nitrogens with zero attached hydrogens (tertiary/aromatic N) is 2. The Morgan fingerprint density at radius 3 is 2.53 bits per heavy atom. The van der Waals surface area contributed by atoms with Gasteiger partial charge in [-0.05, 0) is 25.8 Å². The summed E-state index contributed by atoms with van der Waals surface area (Å²) < 4.78 is 5.56. The molecule has 2 unspecified atom stereocenters. The van der Waals surface area contributed by atoms with Gasteiger partial charge in [0.15, 0.2) is 0 Å². The minimum atomic E-state index is 0.625. The molecular formula is C15H29N3O. The molecule has 0 radical (unpaired) electrons. The monoisotopic (exact) mass is 267 g/mol. The fourth-order valence-electron chi connectivity index (χ4n) is 3.54. The quantitative estimate of drug-likeness (QED) is 0.770. The normalized spacial score (nSPS) is 31.7. The van der Waals surface area contributed by atoms with Crippen molar-refractivity contribution in [1.29, 1.82) is 0 Å². The summed E-state index contributed by atoms with van der Waals surface area (Å²) in [5, 5.41) is 3.68. The van der Waals surface area contributed by atoms with Crippen LogP contribution in [0.15, 0.2) is 0 Å². The van der Waals surface area contributed by atoms with Gasteiger partial charge in [-0.15, -0.1) is 0 Å². The molecule has 2 aliphatic heterocycles. The lowest BCUT2D eigenvalue weighted by molar-refractivity contribution is 0.105. The first-order chi connectivity index (χ1) is 9.36. The van der Waals surface area contributed by atoms with E-state index in [2.05, 4.69) is 22.0 Å². The summed E-state index contributed by atoms with van der Waals surface area (Å²) in [7, 11) is 0. The van der Waals surface area contributed by atoms with Crippen LogP contribution in [0.1, 0.15) is 26.2 Å². The molecule has 2 atom stereocenters. The van der Waals surface area contributed by atoms with Crippen molar-refractivity contribution in [3.8, 4) is 0 Å². The van der Waals surface area contributed by atoms with Crippen LogP contribution in [0.4, 0.5) is 0 Å². The van der Waals surface area contributed by atoms with E-state index >= 15 is 0 Å². The van der Waals surface area contributed by atoms with Crippen molar-refractivity contribution < 1.29 is 4.74 Å². The maximum atomic E-state index is 5.56. The molecule has 3 aliphatic rings. The zero-order chi connectivity index (χ0) is 13.1. The molecule has 0 amide bonds. The van der Waals surface area contributed by atoms with E-state index in [1.807, 2.05) is 0 Å². The Hall–Kier alpha value is -0.160. The van der Waals surface area contributed by atoms with Gasteiger partial charge in [-0.25, -0.2) is 0 Å². The van der Waals surface area contributed by atoms with Crippen LogP contribution in [-0.4, -0.2) is 74.4 Å². The van der Waals surface area contributed by atoms with Gasteiger partial charge >= 0.3 is 0 Å². The van der Waals surface area contributed by atoms with Gasteiger partial charge in [0, 0.05) is 57.3 Å². The summed E-state index contributed by atoms with van der Waals surface area (Å²) in [6.45, 7) is 11.5. The Morgan fingerprint density at radius 2 is 1.95 bits per heavy atom. The Morgan fingerprint density at radius 1 is 1.16 bits per heavy atom. The van der Waals surface area contributed by atoms with Crippen LogP contribution in [0.3, 0.4) is 0 Å². The highest BCUT2D eigenvalue weighted by molar-refractivity contribution is 4.89. The smallest absolute Gasteiger partial charge is 0.0510 e. The van der Waals surface area contributed by atoms with Crippen LogP contribution >= 0.6 is 0 Å². The SMILES string of the molecule is CCNC(CN1CCN(C2CC2)CC1)C1CCOC1. The van der Waals surface area contributed by atoms with Crippen molar-refractivity contribution in [1.82, 2.24) is 15.1 Å². The Balaban J connectivity index is 1.45. The minimum Gasteiger partial charge on any atom is -0.381 e. The van der Waals surface area contributed by atoms with E-state index in [9.17, 15) is 0 Å². The van der Waals surface area contributed by atoms with Crippen LogP contribution in [0, 0.1) is 5.92 Å². The summed E-state index contributed by atoms with van der Waals surface area (Å²) in [6.07, 6.45) is 4.12. The number of rotatable bonds is 6. The highest BCUT2D eigenvalue weighted by atomic mass is 16.5. The fraction of sp³-hybridized carbons (Fsp3) is 1.00. The molecule has 2 saturated heterocycles. The molecule has 19 heavy (non-hydrogen) atoms. The molecule has 2 heterocycles. The average Bonchev–Trinajstić information content (AvgIpc) is 3.14. The molecule has 1 N–H and O–H groups in total. The number of nitrogens with one attached hydrogen (secondary N) is 1. The number of likely N-dealkylation sites (N-methyl/N-ethyl adjacent to an activating group) is 1. The maximum Gasteiger partial charge on any atom is 0.0510 e. The van der Waals surface area contributed by atoms with Gasteiger partial charge in [0.2, 0.25) is 0 Å². The van der Waals surface area contributed by atoms with Crippen LogP contribution < -0.4 is 5.32 Å². The van der Waals surface area contributed by atoms with Gasteiger partial charge in [-0.2, -0.15) is 0 Å². The summed E-state index contributed by atoms with van der Waals surface area (Å²) in [5.74, 6) is 0.724. The van der Waals surface area contributed by atoms with Crippen LogP contribution in [0.2, 0.25) is 0 Å². The molecule has 110 valence electrons. The highest BCUT2D eigenvalue weighted by Crippen LogP contribution is 2.27. The third kappa shape index (κ3) is 3.69. The number of hydrogen-bond donors (Lipinski definition) is 1. The predicted octanol–water partition coefficient (Wildman–Crippen LogP) is 0.781. The summed E-state index contributed by atoms with van der Waals surface area (Å²) >= 11 is 0. The van der Waals surface area contributed by atoms with E-state index < -0.39 is 0 Å². The van der Waals surface area contributed by atoms with Gasteiger partial charge in [0.1, 0.15) is 0 Å². The van der Waals surface area contributed by atoms with Gasteiger partial charge in [-0.3, -0.25) is 9.80 Å². The highest BCUT2D eigenvalue weighted by Gasteiger charge is 2.32. The van der Waals surface area contributed by atoms with E-state index in [0.717, 1.165) is 31.7 Å². The van der Waals surface area contributed by atoms with Crippen molar-refractivity contribution in [2.75, 3.05) is 52.5 Å². The van der Waals surface area contributed by atoms with Crippen molar-refractivity contribution in [3.63, 3.8) is 0 Å². The molecule has 4 heteroatoms. The second kappa shape index (κ2) is 6.53. The number of piperazine rings is 1. The second-order valence-corrected chi connectivity index (χ2v) is 6.36. The second-order valence-electron chi connectivity index (χ2n) is 6.36. The van der Waals surface area contributed by atoms with E-state index in [4.69, 9.17) is 4.74 Å². The number of ether oxygens (including phenoxy) is 1.